The van der Waals surface area contributed by atoms with Crippen LogP contribution in [0, 0.1) is 5.41 Å². The van der Waals surface area contributed by atoms with Crippen molar-refractivity contribution < 1.29 is 19.0 Å². The maximum absolute atomic E-state index is 12.8. The van der Waals surface area contributed by atoms with Gasteiger partial charge in [0.05, 0.1) is 30.8 Å². The lowest BCUT2D eigenvalue weighted by atomic mass is 9.99. The van der Waals surface area contributed by atoms with Gasteiger partial charge >= 0.3 is 0 Å². The molecule has 2 aliphatic rings. The van der Waals surface area contributed by atoms with E-state index < -0.39 is 5.91 Å². The molecular formula is C30H30N4O4S2. The second kappa shape index (κ2) is 12.5. The largest absolute Gasteiger partial charge is 0.493 e. The lowest BCUT2D eigenvalue weighted by Crippen LogP contribution is -2.35. The zero-order valence-corrected chi connectivity index (χ0v) is 24.2. The molecule has 0 aliphatic carbocycles. The number of hydrogen-bond donors (Lipinski definition) is 1. The van der Waals surface area contributed by atoms with Gasteiger partial charge in [-0.15, -0.1) is 11.3 Å². The fraction of sp³-hybridized carbons (Fsp3) is 0.267. The van der Waals surface area contributed by atoms with Gasteiger partial charge in [-0.1, -0.05) is 38.1 Å². The van der Waals surface area contributed by atoms with E-state index in [2.05, 4.69) is 36.1 Å². The van der Waals surface area contributed by atoms with Crippen molar-refractivity contribution >= 4 is 51.1 Å². The van der Waals surface area contributed by atoms with Crippen molar-refractivity contribution in [2.75, 3.05) is 20.3 Å². The SMILES string of the molecule is CC[C@H](C)c1ccc(OCCCOc2ccc(/C=C3/C(=N)N4N=C(c5cccs5)SC4=NC3=O)cc2OC)cc1. The molecule has 0 spiro atoms. The zero-order chi connectivity index (χ0) is 28.1. The number of carbonyl (C=O) groups excluding carboxylic acids is 1. The van der Waals surface area contributed by atoms with E-state index in [1.165, 1.54) is 22.3 Å². The Balaban J connectivity index is 1.18. The van der Waals surface area contributed by atoms with Crippen molar-refractivity contribution in [3.63, 3.8) is 0 Å². The second-order valence-corrected chi connectivity index (χ2v) is 11.1. The van der Waals surface area contributed by atoms with Crippen molar-refractivity contribution in [2.45, 2.75) is 32.6 Å². The standard InChI is InChI=1S/C30H30N4O4S2/c1-4-19(2)21-9-11-22(12-10-21)37-14-6-15-38-24-13-8-20(18-25(24)36-3)17-23-27(31)34-30(32-28(23)35)40-29(33-34)26-7-5-16-39-26/h5,7-13,16-19,31H,4,6,14-15H2,1-3H3/b23-17-,31-27?/t19-/m0/s1. The summed E-state index contributed by atoms with van der Waals surface area (Å²) in [5, 5.41) is 17.6. The van der Waals surface area contributed by atoms with Crippen LogP contribution in [0.4, 0.5) is 0 Å². The zero-order valence-electron chi connectivity index (χ0n) is 22.5. The Labute approximate surface area is 241 Å². The Kier molecular flexibility index (Phi) is 8.66. The molecule has 1 aromatic heterocycles. The van der Waals surface area contributed by atoms with Crippen molar-refractivity contribution in [3.8, 4) is 17.2 Å². The number of thiophene rings is 1. The molecule has 10 heteroatoms. The van der Waals surface area contributed by atoms with Gasteiger partial charge in [0, 0.05) is 6.42 Å². The summed E-state index contributed by atoms with van der Waals surface area (Å²) in [7, 11) is 1.57. The number of rotatable bonds is 11. The Morgan fingerprint density at radius 3 is 2.60 bits per heavy atom. The highest BCUT2D eigenvalue weighted by atomic mass is 32.2. The molecular weight excluding hydrogens is 544 g/mol. The summed E-state index contributed by atoms with van der Waals surface area (Å²) >= 11 is 2.84. The van der Waals surface area contributed by atoms with E-state index in [9.17, 15) is 4.79 Å². The smallest absolute Gasteiger partial charge is 0.283 e. The van der Waals surface area contributed by atoms with Gasteiger partial charge < -0.3 is 14.2 Å². The number of amides is 1. The van der Waals surface area contributed by atoms with Crippen molar-refractivity contribution in [1.29, 1.82) is 5.41 Å². The maximum atomic E-state index is 12.8. The van der Waals surface area contributed by atoms with E-state index in [0.29, 0.717) is 47.8 Å². The second-order valence-electron chi connectivity index (χ2n) is 9.24. The topological polar surface area (TPSA) is 96.6 Å². The van der Waals surface area contributed by atoms with Gasteiger partial charge in [-0.2, -0.15) is 15.1 Å². The minimum atomic E-state index is -0.472. The molecule has 0 saturated heterocycles. The molecule has 5 rings (SSSR count). The first-order valence-electron chi connectivity index (χ1n) is 13.0. The van der Waals surface area contributed by atoms with Crippen LogP contribution in [0.2, 0.25) is 0 Å². The van der Waals surface area contributed by atoms with E-state index >= 15 is 0 Å². The number of aliphatic imine (C=N–C) groups is 1. The normalized spacial score (nSPS) is 16.5. The van der Waals surface area contributed by atoms with Crippen LogP contribution in [0.1, 0.15) is 48.6 Å². The van der Waals surface area contributed by atoms with Crippen LogP contribution in [0.15, 0.2) is 75.6 Å². The van der Waals surface area contributed by atoms with Crippen LogP contribution >= 0.6 is 23.1 Å². The molecule has 2 aliphatic heterocycles. The third kappa shape index (κ3) is 6.13. The van der Waals surface area contributed by atoms with Crippen LogP contribution in [-0.2, 0) is 4.79 Å². The highest BCUT2D eigenvalue weighted by Crippen LogP contribution is 2.33. The lowest BCUT2D eigenvalue weighted by Gasteiger charge is -2.20. The Morgan fingerprint density at radius 1 is 1.07 bits per heavy atom. The fourth-order valence-electron chi connectivity index (χ4n) is 4.11. The third-order valence-electron chi connectivity index (χ3n) is 6.56. The predicted molar refractivity (Wildman–Crippen MR) is 162 cm³/mol. The summed E-state index contributed by atoms with van der Waals surface area (Å²) in [4.78, 5) is 17.9. The average molecular weight is 575 g/mol. The number of hydrazone groups is 1. The molecule has 1 amide bonds. The lowest BCUT2D eigenvalue weighted by molar-refractivity contribution is -0.114. The molecule has 1 N–H and O–H groups in total. The molecule has 2 aromatic carbocycles. The van der Waals surface area contributed by atoms with Gasteiger partial charge in [0.2, 0.25) is 5.17 Å². The number of methoxy groups -OCH3 is 1. The number of carbonyl (C=O) groups is 1. The van der Waals surface area contributed by atoms with Crippen molar-refractivity contribution in [1.82, 2.24) is 5.01 Å². The molecule has 0 fully saturated rings. The number of nitrogens with one attached hydrogen (secondary N) is 1. The average Bonchev–Trinajstić information content (AvgIpc) is 3.66. The summed E-state index contributed by atoms with van der Waals surface area (Å²) in [6.45, 7) is 5.40. The summed E-state index contributed by atoms with van der Waals surface area (Å²) in [5.74, 6) is 2.03. The van der Waals surface area contributed by atoms with Gasteiger partial charge in [0.25, 0.3) is 5.91 Å². The Hall–Kier alpha value is -3.89. The Morgan fingerprint density at radius 2 is 1.88 bits per heavy atom. The van der Waals surface area contributed by atoms with Crippen LogP contribution in [-0.4, -0.2) is 47.3 Å². The highest BCUT2D eigenvalue weighted by molar-refractivity contribution is 8.27. The fourth-order valence-corrected chi connectivity index (χ4v) is 5.79. The number of fused-ring (bicyclic) bond motifs is 1. The number of benzene rings is 2. The third-order valence-corrected chi connectivity index (χ3v) is 8.51. The number of amidine groups is 2. The number of ether oxygens (including phenoxy) is 3. The molecule has 8 nitrogen and oxygen atoms in total. The van der Waals surface area contributed by atoms with Gasteiger partial charge in [0.1, 0.15) is 10.8 Å². The summed E-state index contributed by atoms with van der Waals surface area (Å²) < 4.78 is 17.3. The first-order chi connectivity index (χ1) is 19.5. The molecule has 206 valence electrons. The molecule has 0 saturated carbocycles. The Bertz CT molecular complexity index is 1480. The van der Waals surface area contributed by atoms with Crippen molar-refractivity contribution in [3.05, 3.63) is 81.6 Å². The van der Waals surface area contributed by atoms with Crippen LogP contribution in [0.5, 0.6) is 17.2 Å². The number of nitrogens with zero attached hydrogens (tertiary/aromatic N) is 3. The van der Waals surface area contributed by atoms with Crippen LogP contribution < -0.4 is 14.2 Å². The van der Waals surface area contributed by atoms with Gasteiger partial charge in [0.15, 0.2) is 17.3 Å². The summed E-state index contributed by atoms with van der Waals surface area (Å²) in [6, 6.07) is 17.5. The molecule has 40 heavy (non-hydrogen) atoms. The van der Waals surface area contributed by atoms with Gasteiger partial charge in [-0.05, 0) is 77.0 Å². The quantitative estimate of drug-likeness (QED) is 0.200. The highest BCUT2D eigenvalue weighted by Gasteiger charge is 2.36. The van der Waals surface area contributed by atoms with E-state index in [4.69, 9.17) is 19.6 Å². The minimum absolute atomic E-state index is 0.0112. The van der Waals surface area contributed by atoms with Crippen LogP contribution in [0.3, 0.4) is 0 Å². The number of thioether (sulfide) groups is 1. The summed E-state index contributed by atoms with van der Waals surface area (Å²) in [5.41, 5.74) is 2.17. The minimum Gasteiger partial charge on any atom is -0.493 e. The molecule has 1 atom stereocenters. The monoisotopic (exact) mass is 574 g/mol. The molecule has 0 bridgehead atoms. The molecule has 0 unspecified atom stereocenters. The van der Waals surface area contributed by atoms with Crippen LogP contribution in [0.25, 0.3) is 6.08 Å². The van der Waals surface area contributed by atoms with E-state index in [1.54, 1.807) is 36.7 Å². The van der Waals surface area contributed by atoms with Gasteiger partial charge in [-0.25, -0.2) is 0 Å². The van der Waals surface area contributed by atoms with Crippen molar-refractivity contribution in [2.24, 2.45) is 10.1 Å². The number of hydrogen-bond acceptors (Lipinski definition) is 8. The summed E-state index contributed by atoms with van der Waals surface area (Å²) in [6.07, 6.45) is 3.44. The molecule has 3 aromatic rings. The maximum Gasteiger partial charge on any atom is 0.283 e. The molecule has 0 radical (unpaired) electrons. The van der Waals surface area contributed by atoms with E-state index in [0.717, 1.165) is 22.1 Å². The first-order valence-corrected chi connectivity index (χ1v) is 14.7. The first kappa shape index (κ1) is 27.7. The van der Waals surface area contributed by atoms with E-state index in [-0.39, 0.29) is 11.4 Å². The predicted octanol–water partition coefficient (Wildman–Crippen LogP) is 6.79. The van der Waals surface area contributed by atoms with Gasteiger partial charge in [-0.3, -0.25) is 10.2 Å². The molecule has 3 heterocycles. The van der Waals surface area contributed by atoms with E-state index in [1.807, 2.05) is 35.7 Å².